The highest BCUT2D eigenvalue weighted by Gasteiger charge is 2.41. The molecule has 0 atom stereocenters. The molecule has 2 N–H and O–H groups in total. The summed E-state index contributed by atoms with van der Waals surface area (Å²) in [4.78, 5) is 9.83. The largest absolute Gasteiger partial charge is 0.478 e. The fourth-order valence-corrected chi connectivity index (χ4v) is 3.31. The van der Waals surface area contributed by atoms with Crippen LogP contribution in [0.4, 0.5) is 8.78 Å². The minimum Gasteiger partial charge on any atom is -0.478 e. The van der Waals surface area contributed by atoms with Gasteiger partial charge >= 0.3 is 5.97 Å². The van der Waals surface area contributed by atoms with Crippen LogP contribution in [0.5, 0.6) is 0 Å². The van der Waals surface area contributed by atoms with Crippen molar-refractivity contribution >= 4 is 16.0 Å². The lowest BCUT2D eigenvalue weighted by atomic mass is 10.1. The van der Waals surface area contributed by atoms with E-state index in [-0.39, 0.29) is 12.0 Å². The molecule has 0 radical (unpaired) electrons. The Morgan fingerprint density at radius 2 is 2.00 bits per heavy atom. The van der Waals surface area contributed by atoms with Crippen LogP contribution < -0.4 is 4.72 Å². The predicted molar refractivity (Wildman–Crippen MR) is 70.5 cm³/mol. The van der Waals surface area contributed by atoms with Crippen LogP contribution in [0.2, 0.25) is 0 Å². The van der Waals surface area contributed by atoms with Crippen LogP contribution in [-0.4, -0.2) is 26.0 Å². The van der Waals surface area contributed by atoms with Crippen molar-refractivity contribution in [1.29, 1.82) is 0 Å². The summed E-state index contributed by atoms with van der Waals surface area (Å²) in [5.74, 6) is -4.61. The van der Waals surface area contributed by atoms with Gasteiger partial charge in [-0.15, -0.1) is 0 Å². The Labute approximate surface area is 121 Å². The van der Waals surface area contributed by atoms with Gasteiger partial charge in [0, 0.05) is 6.54 Å². The molecule has 0 bridgehead atoms. The van der Waals surface area contributed by atoms with E-state index in [0.717, 1.165) is 19.3 Å². The third kappa shape index (κ3) is 3.21. The number of hydrogen-bond donors (Lipinski definition) is 2. The Balaban J connectivity index is 2.33. The summed E-state index contributed by atoms with van der Waals surface area (Å²) >= 11 is 0. The molecule has 2 rings (SSSR count). The summed E-state index contributed by atoms with van der Waals surface area (Å²) < 4.78 is 53.4. The molecule has 0 spiro atoms. The highest BCUT2D eigenvalue weighted by molar-refractivity contribution is 7.89. The number of hydrogen-bond acceptors (Lipinski definition) is 3. The van der Waals surface area contributed by atoms with Crippen molar-refractivity contribution in [3.05, 3.63) is 29.3 Å². The third-order valence-corrected chi connectivity index (χ3v) is 5.28. The minimum atomic E-state index is -4.30. The van der Waals surface area contributed by atoms with Crippen molar-refractivity contribution in [2.24, 2.45) is 5.41 Å². The molecule has 0 aromatic heterocycles. The molecule has 8 heteroatoms. The Kier molecular flexibility index (Phi) is 4.03. The maximum Gasteiger partial charge on any atom is 0.335 e. The molecule has 1 aliphatic carbocycles. The number of carbonyl (C=O) groups is 1. The molecule has 1 aliphatic rings. The van der Waals surface area contributed by atoms with Crippen LogP contribution in [0.3, 0.4) is 0 Å². The van der Waals surface area contributed by atoms with E-state index >= 15 is 0 Å². The maximum absolute atomic E-state index is 13.7. The molecule has 5 nitrogen and oxygen atoms in total. The minimum absolute atomic E-state index is 0.119. The van der Waals surface area contributed by atoms with Crippen LogP contribution in [0, 0.1) is 17.0 Å². The fraction of sp³-hybridized carbons (Fsp3) is 0.462. The van der Waals surface area contributed by atoms with E-state index < -0.39 is 38.1 Å². The number of carboxylic acid groups (broad SMARTS) is 1. The second kappa shape index (κ2) is 5.34. The van der Waals surface area contributed by atoms with Crippen LogP contribution >= 0.6 is 0 Å². The zero-order valence-electron chi connectivity index (χ0n) is 11.3. The van der Waals surface area contributed by atoms with Gasteiger partial charge in [0.05, 0.1) is 5.56 Å². The van der Waals surface area contributed by atoms with Crippen LogP contribution in [-0.2, 0) is 10.0 Å². The molecule has 0 amide bonds. The van der Waals surface area contributed by atoms with Crippen molar-refractivity contribution in [1.82, 2.24) is 4.72 Å². The van der Waals surface area contributed by atoms with Gasteiger partial charge in [-0.1, -0.05) is 6.92 Å². The van der Waals surface area contributed by atoms with Crippen LogP contribution in [0.15, 0.2) is 17.0 Å². The first-order valence-electron chi connectivity index (χ1n) is 6.43. The lowest BCUT2D eigenvalue weighted by Gasteiger charge is -2.14. The molecular formula is C13H15F2NO4S. The highest BCUT2D eigenvalue weighted by Crippen LogP contribution is 2.48. The SMILES string of the molecule is CCC1(CNS(=O)(=O)c2cc(C(=O)O)cc(F)c2F)CC1. The van der Waals surface area contributed by atoms with Gasteiger partial charge in [-0.2, -0.15) is 0 Å². The smallest absolute Gasteiger partial charge is 0.335 e. The highest BCUT2D eigenvalue weighted by atomic mass is 32.2. The molecule has 116 valence electrons. The second-order valence-corrected chi connectivity index (χ2v) is 6.99. The predicted octanol–water partition coefficient (Wildman–Crippen LogP) is 2.13. The number of nitrogens with one attached hydrogen (secondary N) is 1. The summed E-state index contributed by atoms with van der Waals surface area (Å²) in [6.45, 7) is 2.05. The molecule has 1 saturated carbocycles. The van der Waals surface area contributed by atoms with Gasteiger partial charge in [0.15, 0.2) is 11.6 Å². The van der Waals surface area contributed by atoms with Gasteiger partial charge in [0.1, 0.15) is 4.90 Å². The zero-order valence-corrected chi connectivity index (χ0v) is 12.1. The summed E-state index contributed by atoms with van der Waals surface area (Å²) in [7, 11) is -4.30. The van der Waals surface area contributed by atoms with Crippen molar-refractivity contribution in [3.63, 3.8) is 0 Å². The van der Waals surface area contributed by atoms with Crippen molar-refractivity contribution in [2.75, 3.05) is 6.54 Å². The average Bonchev–Trinajstić information content (AvgIpc) is 3.20. The zero-order chi connectivity index (χ0) is 15.8. The number of aromatic carboxylic acids is 1. The number of carboxylic acids is 1. The first kappa shape index (κ1) is 15.8. The van der Waals surface area contributed by atoms with Crippen molar-refractivity contribution < 1.29 is 27.1 Å². The van der Waals surface area contributed by atoms with Gasteiger partial charge in [-0.05, 0) is 36.8 Å². The van der Waals surface area contributed by atoms with Crippen molar-refractivity contribution in [3.8, 4) is 0 Å². The van der Waals surface area contributed by atoms with E-state index in [9.17, 15) is 22.0 Å². The van der Waals surface area contributed by atoms with E-state index in [1.807, 2.05) is 6.92 Å². The Morgan fingerprint density at radius 1 is 1.38 bits per heavy atom. The normalized spacial score (nSPS) is 16.7. The third-order valence-electron chi connectivity index (χ3n) is 3.88. The van der Waals surface area contributed by atoms with Gasteiger partial charge in [0.2, 0.25) is 10.0 Å². The van der Waals surface area contributed by atoms with Gasteiger partial charge in [0.25, 0.3) is 0 Å². The molecular weight excluding hydrogens is 304 g/mol. The first-order valence-corrected chi connectivity index (χ1v) is 7.91. The van der Waals surface area contributed by atoms with E-state index in [4.69, 9.17) is 5.11 Å². The monoisotopic (exact) mass is 319 g/mol. The molecule has 0 aliphatic heterocycles. The summed E-state index contributed by atoms with van der Waals surface area (Å²) in [5, 5.41) is 8.79. The van der Waals surface area contributed by atoms with Gasteiger partial charge < -0.3 is 5.11 Å². The summed E-state index contributed by atoms with van der Waals surface area (Å²) in [6, 6.07) is 1.07. The summed E-state index contributed by atoms with van der Waals surface area (Å²) in [5.41, 5.74) is -0.738. The number of benzene rings is 1. The molecule has 0 heterocycles. The van der Waals surface area contributed by atoms with E-state index in [1.54, 1.807) is 0 Å². The Hall–Kier alpha value is -1.54. The first-order chi connectivity index (χ1) is 9.71. The maximum atomic E-state index is 13.7. The number of halogens is 2. The molecule has 0 unspecified atom stereocenters. The number of rotatable bonds is 6. The van der Waals surface area contributed by atoms with E-state index in [1.165, 1.54) is 0 Å². The molecule has 21 heavy (non-hydrogen) atoms. The van der Waals surface area contributed by atoms with Gasteiger partial charge in [-0.3, -0.25) is 0 Å². The van der Waals surface area contributed by atoms with Crippen LogP contribution in [0.1, 0.15) is 36.5 Å². The quantitative estimate of drug-likeness (QED) is 0.841. The van der Waals surface area contributed by atoms with Crippen LogP contribution in [0.25, 0.3) is 0 Å². The second-order valence-electron chi connectivity index (χ2n) is 5.25. The molecule has 0 saturated heterocycles. The molecule has 1 aromatic rings. The lowest BCUT2D eigenvalue weighted by Crippen LogP contribution is -2.31. The summed E-state index contributed by atoms with van der Waals surface area (Å²) in [6.07, 6.45) is 2.53. The number of sulfonamides is 1. The average molecular weight is 319 g/mol. The lowest BCUT2D eigenvalue weighted by molar-refractivity contribution is 0.0696. The van der Waals surface area contributed by atoms with Crippen molar-refractivity contribution in [2.45, 2.75) is 31.1 Å². The standard InChI is InChI=1S/C13H15F2NO4S/c1-2-13(3-4-13)7-16-21(19,20)10-6-8(12(17)18)5-9(14)11(10)15/h5-6,16H,2-4,7H2,1H3,(H,17,18). The van der Waals surface area contributed by atoms with Gasteiger partial charge in [-0.25, -0.2) is 26.7 Å². The Bertz CT molecular complexity index is 684. The topological polar surface area (TPSA) is 83.5 Å². The fourth-order valence-electron chi connectivity index (χ4n) is 2.04. The van der Waals surface area contributed by atoms with E-state index in [2.05, 4.69) is 4.72 Å². The molecule has 1 aromatic carbocycles. The molecule has 1 fully saturated rings. The Morgan fingerprint density at radius 3 is 2.48 bits per heavy atom. The van der Waals surface area contributed by atoms with E-state index in [0.29, 0.717) is 12.1 Å².